The van der Waals surface area contributed by atoms with Crippen LogP contribution in [0, 0.1) is 0 Å². The second-order valence-corrected chi connectivity index (χ2v) is 7.06. The molecule has 1 saturated heterocycles. The van der Waals surface area contributed by atoms with Crippen LogP contribution < -0.4 is 5.32 Å². The van der Waals surface area contributed by atoms with E-state index < -0.39 is 0 Å². The predicted molar refractivity (Wildman–Crippen MR) is 86.9 cm³/mol. The first kappa shape index (κ1) is 16.8. The molecule has 0 spiro atoms. The predicted octanol–water partition coefficient (Wildman–Crippen LogP) is 3.96. The van der Waals surface area contributed by atoms with Gasteiger partial charge in [0.25, 0.3) is 0 Å². The zero-order valence-corrected chi connectivity index (χ0v) is 14.0. The highest BCUT2D eigenvalue weighted by atomic mass is 35.5. The first-order chi connectivity index (χ1) is 9.94. The maximum Gasteiger partial charge on any atom is 0.0953 e. The van der Waals surface area contributed by atoms with Gasteiger partial charge in [0.2, 0.25) is 0 Å². The maximum atomic E-state index is 6.33. The standard InChI is InChI=1S/C17H26ClNO2/c1-17(2,3)19-12-16(13-4-6-14(18)7-5-13)21-15-8-10-20-11-9-15/h4-7,15-16,19H,8-12H2,1-3H3. The molecule has 3 nitrogen and oxygen atoms in total. The number of hydrogen-bond donors (Lipinski definition) is 1. The van der Waals surface area contributed by atoms with E-state index in [0.717, 1.165) is 37.6 Å². The molecule has 1 heterocycles. The summed E-state index contributed by atoms with van der Waals surface area (Å²) in [5.74, 6) is 0. The van der Waals surface area contributed by atoms with E-state index in [9.17, 15) is 0 Å². The van der Waals surface area contributed by atoms with Crippen molar-refractivity contribution < 1.29 is 9.47 Å². The van der Waals surface area contributed by atoms with Crippen molar-refractivity contribution in [3.05, 3.63) is 34.9 Å². The molecule has 1 unspecified atom stereocenters. The van der Waals surface area contributed by atoms with E-state index in [0.29, 0.717) is 0 Å². The fraction of sp³-hybridized carbons (Fsp3) is 0.647. The quantitative estimate of drug-likeness (QED) is 0.892. The first-order valence-corrected chi connectivity index (χ1v) is 8.05. The van der Waals surface area contributed by atoms with E-state index in [1.54, 1.807) is 0 Å². The molecule has 1 aliphatic heterocycles. The summed E-state index contributed by atoms with van der Waals surface area (Å²) in [6.45, 7) is 8.89. The maximum absolute atomic E-state index is 6.33. The molecule has 21 heavy (non-hydrogen) atoms. The third kappa shape index (κ3) is 5.95. The lowest BCUT2D eigenvalue weighted by molar-refractivity contribution is -0.0702. The Bertz CT molecular complexity index is 421. The Balaban J connectivity index is 2.03. The Hall–Kier alpha value is -0.610. The largest absolute Gasteiger partial charge is 0.381 e. The van der Waals surface area contributed by atoms with Crippen LogP contribution in [0.25, 0.3) is 0 Å². The first-order valence-electron chi connectivity index (χ1n) is 7.68. The van der Waals surface area contributed by atoms with Gasteiger partial charge in [0, 0.05) is 30.3 Å². The average molecular weight is 312 g/mol. The minimum Gasteiger partial charge on any atom is -0.381 e. The molecule has 1 fully saturated rings. The molecule has 4 heteroatoms. The Kier molecular flexibility index (Phi) is 6.06. The van der Waals surface area contributed by atoms with Crippen molar-refractivity contribution in [2.24, 2.45) is 0 Å². The van der Waals surface area contributed by atoms with Gasteiger partial charge in [0.05, 0.1) is 12.2 Å². The third-order valence-corrected chi connectivity index (χ3v) is 3.84. The lowest BCUT2D eigenvalue weighted by atomic mass is 10.0. The van der Waals surface area contributed by atoms with Gasteiger partial charge in [-0.2, -0.15) is 0 Å². The van der Waals surface area contributed by atoms with Crippen LogP contribution in [0.3, 0.4) is 0 Å². The summed E-state index contributed by atoms with van der Waals surface area (Å²) in [5.41, 5.74) is 1.24. The van der Waals surface area contributed by atoms with Crippen LogP contribution in [0.1, 0.15) is 45.3 Å². The van der Waals surface area contributed by atoms with Gasteiger partial charge in [0.1, 0.15) is 0 Å². The van der Waals surface area contributed by atoms with E-state index in [4.69, 9.17) is 21.1 Å². The smallest absolute Gasteiger partial charge is 0.0953 e. The molecule has 1 aromatic carbocycles. The SMILES string of the molecule is CC(C)(C)NCC(OC1CCOCC1)c1ccc(Cl)cc1. The minimum atomic E-state index is 0.0459. The van der Waals surface area contributed by atoms with Gasteiger partial charge >= 0.3 is 0 Å². The van der Waals surface area contributed by atoms with Crippen LogP contribution in [0.15, 0.2) is 24.3 Å². The van der Waals surface area contributed by atoms with Crippen molar-refractivity contribution in [2.75, 3.05) is 19.8 Å². The number of nitrogens with one attached hydrogen (secondary N) is 1. The number of ether oxygens (including phenoxy) is 2. The summed E-state index contributed by atoms with van der Waals surface area (Å²) >= 11 is 5.98. The number of hydrogen-bond acceptors (Lipinski definition) is 3. The number of rotatable bonds is 5. The summed E-state index contributed by atoms with van der Waals surface area (Å²) in [6.07, 6.45) is 2.27. The Morgan fingerprint density at radius 3 is 2.43 bits per heavy atom. The molecule has 0 aromatic heterocycles. The molecular formula is C17H26ClNO2. The van der Waals surface area contributed by atoms with Crippen molar-refractivity contribution in [2.45, 2.75) is 51.4 Å². The van der Waals surface area contributed by atoms with Crippen LogP contribution in [0.4, 0.5) is 0 Å². The molecule has 1 aliphatic rings. The molecule has 118 valence electrons. The highest BCUT2D eigenvalue weighted by Crippen LogP contribution is 2.24. The molecule has 0 saturated carbocycles. The molecule has 1 aromatic rings. The van der Waals surface area contributed by atoms with Crippen LogP contribution >= 0.6 is 11.6 Å². The molecule has 1 N–H and O–H groups in total. The highest BCUT2D eigenvalue weighted by Gasteiger charge is 2.22. The average Bonchev–Trinajstić information content (AvgIpc) is 2.45. The highest BCUT2D eigenvalue weighted by molar-refractivity contribution is 6.30. The van der Waals surface area contributed by atoms with E-state index in [1.165, 1.54) is 5.56 Å². The van der Waals surface area contributed by atoms with Gasteiger partial charge in [-0.1, -0.05) is 23.7 Å². The second-order valence-electron chi connectivity index (χ2n) is 6.62. The number of halogens is 1. The molecular weight excluding hydrogens is 286 g/mol. The van der Waals surface area contributed by atoms with Crippen molar-refractivity contribution >= 4 is 11.6 Å². The van der Waals surface area contributed by atoms with E-state index >= 15 is 0 Å². The summed E-state index contributed by atoms with van der Waals surface area (Å²) in [4.78, 5) is 0. The number of benzene rings is 1. The van der Waals surface area contributed by atoms with Crippen molar-refractivity contribution in [1.82, 2.24) is 5.32 Å². The summed E-state index contributed by atoms with van der Waals surface area (Å²) < 4.78 is 11.7. The van der Waals surface area contributed by atoms with E-state index in [1.807, 2.05) is 12.1 Å². The zero-order chi connectivity index (χ0) is 15.3. The summed E-state index contributed by atoms with van der Waals surface area (Å²) in [6, 6.07) is 7.95. The topological polar surface area (TPSA) is 30.5 Å². The fourth-order valence-electron chi connectivity index (χ4n) is 2.37. The molecule has 0 amide bonds. The second kappa shape index (κ2) is 7.59. The van der Waals surface area contributed by atoms with Gasteiger partial charge in [-0.3, -0.25) is 0 Å². The van der Waals surface area contributed by atoms with Gasteiger partial charge in [-0.15, -0.1) is 0 Å². The molecule has 0 bridgehead atoms. The summed E-state index contributed by atoms with van der Waals surface area (Å²) in [5, 5.41) is 4.29. The van der Waals surface area contributed by atoms with Crippen molar-refractivity contribution in [3.63, 3.8) is 0 Å². The van der Waals surface area contributed by atoms with Crippen LogP contribution in [-0.2, 0) is 9.47 Å². The van der Waals surface area contributed by atoms with Gasteiger partial charge in [0.15, 0.2) is 0 Å². The molecule has 2 rings (SSSR count). The van der Waals surface area contributed by atoms with Crippen LogP contribution in [0.2, 0.25) is 5.02 Å². The summed E-state index contributed by atoms with van der Waals surface area (Å²) in [7, 11) is 0. The van der Waals surface area contributed by atoms with Gasteiger partial charge in [-0.05, 0) is 51.3 Å². The zero-order valence-electron chi connectivity index (χ0n) is 13.2. The normalized spacial score (nSPS) is 18.7. The van der Waals surface area contributed by atoms with Crippen molar-refractivity contribution in [3.8, 4) is 0 Å². The lowest BCUT2D eigenvalue weighted by Crippen LogP contribution is -2.40. The Labute approximate surface area is 133 Å². The molecule has 0 aliphatic carbocycles. The van der Waals surface area contributed by atoms with E-state index in [-0.39, 0.29) is 17.7 Å². The third-order valence-electron chi connectivity index (χ3n) is 3.58. The Morgan fingerprint density at radius 1 is 1.24 bits per heavy atom. The van der Waals surface area contributed by atoms with E-state index in [2.05, 4.69) is 38.2 Å². The minimum absolute atomic E-state index is 0.0459. The van der Waals surface area contributed by atoms with Crippen molar-refractivity contribution in [1.29, 1.82) is 0 Å². The molecule has 0 radical (unpaired) electrons. The van der Waals surface area contributed by atoms with Gasteiger partial charge in [-0.25, -0.2) is 0 Å². The monoisotopic (exact) mass is 311 g/mol. The fourth-order valence-corrected chi connectivity index (χ4v) is 2.49. The van der Waals surface area contributed by atoms with Crippen LogP contribution in [0.5, 0.6) is 0 Å². The molecule has 1 atom stereocenters. The van der Waals surface area contributed by atoms with Crippen LogP contribution in [-0.4, -0.2) is 31.4 Å². The Morgan fingerprint density at radius 2 is 1.86 bits per heavy atom. The lowest BCUT2D eigenvalue weighted by Gasteiger charge is -2.30. The van der Waals surface area contributed by atoms with Gasteiger partial charge < -0.3 is 14.8 Å².